The summed E-state index contributed by atoms with van der Waals surface area (Å²) in [5.41, 5.74) is 0. The molecule has 1 atom stereocenters. The van der Waals surface area contributed by atoms with Crippen molar-refractivity contribution in [1.82, 2.24) is 15.5 Å². The van der Waals surface area contributed by atoms with Crippen molar-refractivity contribution in [2.75, 3.05) is 33.2 Å². The van der Waals surface area contributed by atoms with Gasteiger partial charge in [0, 0.05) is 33.2 Å². The Morgan fingerprint density at radius 3 is 2.62 bits per heavy atom. The van der Waals surface area contributed by atoms with E-state index in [9.17, 15) is 4.79 Å². The second-order valence-corrected chi connectivity index (χ2v) is 3.32. The van der Waals surface area contributed by atoms with Crippen molar-refractivity contribution < 1.29 is 4.79 Å². The summed E-state index contributed by atoms with van der Waals surface area (Å²) >= 11 is 0. The maximum atomic E-state index is 11.5. The molecular formula is C9H19N3O. The monoisotopic (exact) mass is 185 g/mol. The Balaban J connectivity index is 2.48. The molecule has 0 aromatic carbocycles. The van der Waals surface area contributed by atoms with Crippen LogP contribution >= 0.6 is 0 Å². The van der Waals surface area contributed by atoms with E-state index in [-0.39, 0.29) is 11.9 Å². The SMILES string of the molecule is CCC(C(=O)NC)N1CCNCC1. The third-order valence-electron chi connectivity index (χ3n) is 2.53. The van der Waals surface area contributed by atoms with E-state index in [2.05, 4.69) is 22.5 Å². The molecule has 4 heteroatoms. The van der Waals surface area contributed by atoms with E-state index >= 15 is 0 Å². The van der Waals surface area contributed by atoms with Gasteiger partial charge in [-0.15, -0.1) is 0 Å². The van der Waals surface area contributed by atoms with Crippen molar-refractivity contribution in [3.63, 3.8) is 0 Å². The summed E-state index contributed by atoms with van der Waals surface area (Å²) in [6.07, 6.45) is 0.889. The van der Waals surface area contributed by atoms with Crippen molar-refractivity contribution in [1.29, 1.82) is 0 Å². The highest BCUT2D eigenvalue weighted by Crippen LogP contribution is 2.05. The first-order valence-electron chi connectivity index (χ1n) is 4.96. The van der Waals surface area contributed by atoms with E-state index in [0.717, 1.165) is 32.6 Å². The van der Waals surface area contributed by atoms with Gasteiger partial charge in [0.25, 0.3) is 0 Å². The maximum Gasteiger partial charge on any atom is 0.237 e. The van der Waals surface area contributed by atoms with E-state index in [0.29, 0.717) is 0 Å². The van der Waals surface area contributed by atoms with Gasteiger partial charge in [0.2, 0.25) is 5.91 Å². The molecule has 1 saturated heterocycles. The minimum atomic E-state index is 0.0621. The summed E-state index contributed by atoms with van der Waals surface area (Å²) in [5, 5.41) is 5.99. The molecule has 4 nitrogen and oxygen atoms in total. The van der Waals surface area contributed by atoms with Gasteiger partial charge in [-0.3, -0.25) is 9.69 Å². The Labute approximate surface area is 79.7 Å². The molecule has 76 valence electrons. The third kappa shape index (κ3) is 2.67. The molecule has 0 aromatic rings. The molecule has 0 saturated carbocycles. The lowest BCUT2D eigenvalue weighted by Gasteiger charge is -2.33. The Morgan fingerprint density at radius 1 is 1.54 bits per heavy atom. The van der Waals surface area contributed by atoms with Crippen LogP contribution in [0.1, 0.15) is 13.3 Å². The maximum absolute atomic E-state index is 11.5. The average Bonchev–Trinajstić information content (AvgIpc) is 2.20. The normalized spacial score (nSPS) is 21.1. The molecule has 13 heavy (non-hydrogen) atoms. The summed E-state index contributed by atoms with van der Waals surface area (Å²) in [5.74, 6) is 0.143. The van der Waals surface area contributed by atoms with Crippen LogP contribution in [0.3, 0.4) is 0 Å². The van der Waals surface area contributed by atoms with Crippen LogP contribution in [0.2, 0.25) is 0 Å². The molecule has 0 bridgehead atoms. The van der Waals surface area contributed by atoms with E-state index in [1.807, 2.05) is 0 Å². The van der Waals surface area contributed by atoms with Crippen LogP contribution in [0.25, 0.3) is 0 Å². The minimum Gasteiger partial charge on any atom is -0.358 e. The number of nitrogens with one attached hydrogen (secondary N) is 2. The van der Waals surface area contributed by atoms with Crippen LogP contribution in [0.4, 0.5) is 0 Å². The fraction of sp³-hybridized carbons (Fsp3) is 0.889. The van der Waals surface area contributed by atoms with E-state index < -0.39 is 0 Å². The zero-order chi connectivity index (χ0) is 9.68. The topological polar surface area (TPSA) is 44.4 Å². The zero-order valence-corrected chi connectivity index (χ0v) is 8.47. The van der Waals surface area contributed by atoms with Gasteiger partial charge in [-0.05, 0) is 6.42 Å². The lowest BCUT2D eigenvalue weighted by atomic mass is 10.1. The van der Waals surface area contributed by atoms with E-state index in [4.69, 9.17) is 0 Å². The fourth-order valence-corrected chi connectivity index (χ4v) is 1.77. The van der Waals surface area contributed by atoms with Crippen molar-refractivity contribution >= 4 is 5.91 Å². The predicted molar refractivity (Wildman–Crippen MR) is 52.6 cm³/mol. The first-order chi connectivity index (χ1) is 6.29. The van der Waals surface area contributed by atoms with Crippen molar-refractivity contribution in [3.05, 3.63) is 0 Å². The van der Waals surface area contributed by atoms with Crippen molar-refractivity contribution in [2.24, 2.45) is 0 Å². The Kier molecular flexibility index (Phi) is 4.18. The van der Waals surface area contributed by atoms with Crippen molar-refractivity contribution in [3.8, 4) is 0 Å². The highest BCUT2D eigenvalue weighted by molar-refractivity contribution is 5.81. The number of carbonyl (C=O) groups is 1. The van der Waals surface area contributed by atoms with E-state index in [1.54, 1.807) is 7.05 Å². The molecule has 1 fully saturated rings. The minimum absolute atomic E-state index is 0.0621. The van der Waals surface area contributed by atoms with Crippen LogP contribution in [0.5, 0.6) is 0 Å². The fourth-order valence-electron chi connectivity index (χ4n) is 1.77. The summed E-state index contributed by atoms with van der Waals surface area (Å²) < 4.78 is 0. The van der Waals surface area contributed by atoms with Gasteiger partial charge in [-0.1, -0.05) is 6.92 Å². The van der Waals surface area contributed by atoms with Gasteiger partial charge in [0.05, 0.1) is 6.04 Å². The second-order valence-electron chi connectivity index (χ2n) is 3.32. The van der Waals surface area contributed by atoms with Gasteiger partial charge in [0.15, 0.2) is 0 Å². The summed E-state index contributed by atoms with van der Waals surface area (Å²) in [7, 11) is 1.70. The largest absolute Gasteiger partial charge is 0.358 e. The second kappa shape index (κ2) is 5.19. The smallest absolute Gasteiger partial charge is 0.237 e. The Hall–Kier alpha value is -0.610. The molecule has 0 aliphatic carbocycles. The molecule has 1 rings (SSSR count). The quantitative estimate of drug-likeness (QED) is 0.618. The first-order valence-corrected chi connectivity index (χ1v) is 4.96. The molecule has 0 radical (unpaired) electrons. The van der Waals surface area contributed by atoms with Gasteiger partial charge in [-0.2, -0.15) is 0 Å². The molecule has 1 unspecified atom stereocenters. The lowest BCUT2D eigenvalue weighted by molar-refractivity contribution is -0.126. The number of amides is 1. The lowest BCUT2D eigenvalue weighted by Crippen LogP contribution is -2.53. The molecule has 1 amide bonds. The molecule has 1 aliphatic rings. The number of rotatable bonds is 3. The number of nitrogens with zero attached hydrogens (tertiary/aromatic N) is 1. The highest BCUT2D eigenvalue weighted by Gasteiger charge is 2.23. The summed E-state index contributed by atoms with van der Waals surface area (Å²) in [6.45, 7) is 6.00. The van der Waals surface area contributed by atoms with E-state index in [1.165, 1.54) is 0 Å². The zero-order valence-electron chi connectivity index (χ0n) is 8.47. The van der Waals surface area contributed by atoms with Crippen LogP contribution < -0.4 is 10.6 Å². The average molecular weight is 185 g/mol. The number of likely N-dealkylation sites (N-methyl/N-ethyl adjacent to an activating group) is 1. The number of hydrogen-bond acceptors (Lipinski definition) is 3. The third-order valence-corrected chi connectivity index (χ3v) is 2.53. The first kappa shape index (κ1) is 10.5. The highest BCUT2D eigenvalue weighted by atomic mass is 16.2. The van der Waals surface area contributed by atoms with Crippen LogP contribution in [-0.2, 0) is 4.79 Å². The van der Waals surface area contributed by atoms with Gasteiger partial charge in [0.1, 0.15) is 0 Å². The van der Waals surface area contributed by atoms with Gasteiger partial charge >= 0.3 is 0 Å². The van der Waals surface area contributed by atoms with Gasteiger partial charge in [-0.25, -0.2) is 0 Å². The van der Waals surface area contributed by atoms with Crippen LogP contribution in [0, 0.1) is 0 Å². The molecule has 1 aliphatic heterocycles. The molecule has 2 N–H and O–H groups in total. The Bertz CT molecular complexity index is 166. The molecule has 0 aromatic heterocycles. The number of hydrogen-bond donors (Lipinski definition) is 2. The Morgan fingerprint density at radius 2 is 2.15 bits per heavy atom. The molecule has 1 heterocycles. The van der Waals surface area contributed by atoms with Gasteiger partial charge < -0.3 is 10.6 Å². The molecular weight excluding hydrogens is 166 g/mol. The molecule has 0 spiro atoms. The predicted octanol–water partition coefficient (Wildman–Crippen LogP) is -0.584. The van der Waals surface area contributed by atoms with Crippen LogP contribution in [0.15, 0.2) is 0 Å². The van der Waals surface area contributed by atoms with Crippen LogP contribution in [-0.4, -0.2) is 50.1 Å². The summed E-state index contributed by atoms with van der Waals surface area (Å²) in [4.78, 5) is 13.7. The number of carbonyl (C=O) groups excluding carboxylic acids is 1. The number of piperazine rings is 1. The standard InChI is InChI=1S/C9H19N3O/c1-3-8(9(13)10-2)12-6-4-11-5-7-12/h8,11H,3-7H2,1-2H3,(H,10,13). The summed E-state index contributed by atoms with van der Waals surface area (Å²) in [6, 6.07) is 0.0621. The van der Waals surface area contributed by atoms with Crippen molar-refractivity contribution in [2.45, 2.75) is 19.4 Å².